The Bertz CT molecular complexity index is 1130. The first-order valence-electron chi connectivity index (χ1n) is 13.0. The Hall–Kier alpha value is -3.22. The van der Waals surface area contributed by atoms with E-state index in [9.17, 15) is 14.0 Å². The lowest BCUT2D eigenvalue weighted by Crippen LogP contribution is -2.48. The summed E-state index contributed by atoms with van der Waals surface area (Å²) in [5.41, 5.74) is 2.48. The van der Waals surface area contributed by atoms with E-state index >= 15 is 0 Å². The van der Waals surface area contributed by atoms with Gasteiger partial charge in [0.25, 0.3) is 0 Å². The number of carbonyl (C=O) groups is 2. The quantitative estimate of drug-likeness (QED) is 0.548. The number of hydrogen-bond acceptors (Lipinski definition) is 5. The monoisotopic (exact) mass is 492 g/mol. The normalized spacial score (nSPS) is 31.4. The number of carbonyl (C=O) groups excluding carboxylic acids is 2. The van der Waals surface area contributed by atoms with Crippen molar-refractivity contribution in [3.05, 3.63) is 60.2 Å². The van der Waals surface area contributed by atoms with E-state index in [1.54, 1.807) is 19.2 Å². The van der Waals surface area contributed by atoms with Crippen molar-refractivity contribution in [1.82, 2.24) is 10.3 Å². The van der Waals surface area contributed by atoms with Gasteiger partial charge in [-0.3, -0.25) is 9.78 Å². The van der Waals surface area contributed by atoms with E-state index in [2.05, 4.69) is 16.4 Å². The van der Waals surface area contributed by atoms with Crippen LogP contribution in [0, 0.1) is 35.4 Å². The van der Waals surface area contributed by atoms with E-state index in [0.29, 0.717) is 18.4 Å². The molecule has 1 unspecified atom stereocenters. The molecule has 0 radical (unpaired) electrons. The molecule has 190 valence electrons. The van der Waals surface area contributed by atoms with Gasteiger partial charge in [0, 0.05) is 23.7 Å². The number of rotatable bonds is 5. The SMILES string of the molecule is CCOC(=O)N[C@@H]1CC[C@@H]2C(C1)C[C@H]1C(=O)O[C@H](C)[C@H]1[C@H]2/C=C/c1ccc(-c2cccc(F)c2)cn1. The molecule has 0 bridgehead atoms. The lowest BCUT2D eigenvalue weighted by Gasteiger charge is -2.47. The summed E-state index contributed by atoms with van der Waals surface area (Å²) in [5.74, 6) is 0.629. The summed E-state index contributed by atoms with van der Waals surface area (Å²) in [5, 5.41) is 3.00. The number of cyclic esters (lactones) is 1. The number of fused-ring (bicyclic) bond motifs is 2. The Labute approximate surface area is 211 Å². The van der Waals surface area contributed by atoms with Gasteiger partial charge in [-0.1, -0.05) is 24.3 Å². The van der Waals surface area contributed by atoms with Gasteiger partial charge in [-0.05, 0) is 87.1 Å². The van der Waals surface area contributed by atoms with Gasteiger partial charge in [0.2, 0.25) is 0 Å². The molecule has 1 amide bonds. The Morgan fingerprint density at radius 2 is 2.08 bits per heavy atom. The van der Waals surface area contributed by atoms with Gasteiger partial charge >= 0.3 is 12.1 Å². The van der Waals surface area contributed by atoms with E-state index in [4.69, 9.17) is 9.47 Å². The molecule has 5 rings (SSSR count). The predicted octanol–water partition coefficient (Wildman–Crippen LogP) is 5.63. The van der Waals surface area contributed by atoms with Crippen molar-refractivity contribution in [1.29, 1.82) is 0 Å². The van der Waals surface area contributed by atoms with E-state index in [1.165, 1.54) is 12.1 Å². The molecule has 7 heteroatoms. The van der Waals surface area contributed by atoms with Crippen LogP contribution in [0.4, 0.5) is 9.18 Å². The van der Waals surface area contributed by atoms with E-state index < -0.39 is 0 Å². The second-order valence-corrected chi connectivity index (χ2v) is 10.3. The predicted molar refractivity (Wildman–Crippen MR) is 134 cm³/mol. The molecule has 1 aliphatic heterocycles. The van der Waals surface area contributed by atoms with Gasteiger partial charge in [-0.25, -0.2) is 9.18 Å². The number of ether oxygens (including phenoxy) is 2. The molecule has 1 saturated heterocycles. The number of nitrogens with zero attached hydrogens (tertiary/aromatic N) is 1. The summed E-state index contributed by atoms with van der Waals surface area (Å²) < 4.78 is 24.3. The summed E-state index contributed by atoms with van der Waals surface area (Å²) in [4.78, 5) is 29.2. The second-order valence-electron chi connectivity index (χ2n) is 10.3. The molecule has 2 aromatic rings. The minimum absolute atomic E-state index is 0.0679. The van der Waals surface area contributed by atoms with E-state index in [1.807, 2.05) is 31.2 Å². The maximum absolute atomic E-state index is 13.6. The van der Waals surface area contributed by atoms with Crippen LogP contribution in [0.15, 0.2) is 48.7 Å². The number of halogens is 1. The molecule has 36 heavy (non-hydrogen) atoms. The van der Waals surface area contributed by atoms with E-state index in [0.717, 1.165) is 42.5 Å². The minimum atomic E-state index is -0.368. The molecule has 2 saturated carbocycles. The largest absolute Gasteiger partial charge is 0.462 e. The van der Waals surface area contributed by atoms with Gasteiger partial charge < -0.3 is 14.8 Å². The zero-order chi connectivity index (χ0) is 25.2. The number of esters is 1. The highest BCUT2D eigenvalue weighted by atomic mass is 19.1. The fourth-order valence-corrected chi connectivity index (χ4v) is 6.64. The standard InChI is InChI=1S/C29H33FN2O4/c1-3-35-29(34)32-23-10-11-24-20(14-23)15-26-27(17(2)36-28(26)33)25(24)12-9-22-8-7-19(16-31-22)18-5-4-6-21(30)13-18/h4-9,12-13,16-17,20,23-27H,3,10-11,14-15H2,1-2H3,(H,32,34)/b12-9+/t17-,20?,23-,24-,25+,26-,27+/m1/s1. The number of amides is 1. The van der Waals surface area contributed by atoms with Crippen molar-refractivity contribution in [2.24, 2.45) is 29.6 Å². The summed E-state index contributed by atoms with van der Waals surface area (Å²) in [6, 6.07) is 10.4. The van der Waals surface area contributed by atoms with Crippen molar-refractivity contribution < 1.29 is 23.5 Å². The first-order chi connectivity index (χ1) is 17.4. The first-order valence-corrected chi connectivity index (χ1v) is 13.0. The molecule has 2 heterocycles. The summed E-state index contributed by atoms with van der Waals surface area (Å²) in [6.07, 6.45) is 9.07. The molecule has 7 atom stereocenters. The first kappa shape index (κ1) is 24.5. The lowest BCUT2D eigenvalue weighted by molar-refractivity contribution is -0.144. The number of hydrogen-bond donors (Lipinski definition) is 1. The fraction of sp³-hybridized carbons (Fsp3) is 0.483. The number of pyridine rings is 1. The second kappa shape index (κ2) is 10.4. The van der Waals surface area contributed by atoms with Crippen molar-refractivity contribution in [3.8, 4) is 11.1 Å². The molecule has 3 fully saturated rings. The topological polar surface area (TPSA) is 77.5 Å². The molecular formula is C29H33FN2O4. The lowest BCUT2D eigenvalue weighted by atomic mass is 9.57. The van der Waals surface area contributed by atoms with Crippen molar-refractivity contribution in [2.45, 2.75) is 51.7 Å². The fourth-order valence-electron chi connectivity index (χ4n) is 6.64. The highest BCUT2D eigenvalue weighted by Crippen LogP contribution is 2.53. The molecule has 1 N–H and O–H groups in total. The number of nitrogens with one attached hydrogen (secondary N) is 1. The Kier molecular flexibility index (Phi) is 7.08. The molecule has 2 aliphatic carbocycles. The smallest absolute Gasteiger partial charge is 0.407 e. The highest BCUT2D eigenvalue weighted by Gasteiger charge is 2.54. The molecule has 1 aromatic heterocycles. The van der Waals surface area contributed by atoms with Crippen LogP contribution in [-0.4, -0.2) is 35.8 Å². The van der Waals surface area contributed by atoms with E-state index in [-0.39, 0.29) is 47.8 Å². The van der Waals surface area contributed by atoms with Crippen molar-refractivity contribution in [2.75, 3.05) is 6.61 Å². The van der Waals surface area contributed by atoms with Gasteiger partial charge in [0.05, 0.1) is 18.2 Å². The molecule has 6 nitrogen and oxygen atoms in total. The van der Waals surface area contributed by atoms with Gasteiger partial charge in [0.1, 0.15) is 11.9 Å². The summed E-state index contributed by atoms with van der Waals surface area (Å²) in [6.45, 7) is 4.15. The van der Waals surface area contributed by atoms with Crippen LogP contribution < -0.4 is 5.32 Å². The molecule has 3 aliphatic rings. The number of allylic oxidation sites excluding steroid dienone is 1. The maximum atomic E-state index is 13.6. The van der Waals surface area contributed by atoms with Gasteiger partial charge in [-0.15, -0.1) is 0 Å². The van der Waals surface area contributed by atoms with Crippen LogP contribution in [0.2, 0.25) is 0 Å². The average Bonchev–Trinajstić information content (AvgIpc) is 3.15. The number of alkyl carbamates (subject to hydrolysis) is 1. The third-order valence-electron chi connectivity index (χ3n) is 8.18. The van der Waals surface area contributed by atoms with Gasteiger partial charge in [-0.2, -0.15) is 0 Å². The zero-order valence-electron chi connectivity index (χ0n) is 20.7. The minimum Gasteiger partial charge on any atom is -0.462 e. The summed E-state index contributed by atoms with van der Waals surface area (Å²) in [7, 11) is 0. The Morgan fingerprint density at radius 1 is 1.22 bits per heavy atom. The molecule has 0 spiro atoms. The van der Waals surface area contributed by atoms with Crippen LogP contribution in [0.25, 0.3) is 17.2 Å². The molecular weight excluding hydrogens is 459 g/mol. The third-order valence-corrected chi connectivity index (χ3v) is 8.18. The maximum Gasteiger partial charge on any atom is 0.407 e. The summed E-state index contributed by atoms with van der Waals surface area (Å²) >= 11 is 0. The van der Waals surface area contributed by atoms with Crippen molar-refractivity contribution >= 4 is 18.1 Å². The van der Waals surface area contributed by atoms with Crippen LogP contribution in [0.3, 0.4) is 0 Å². The highest BCUT2D eigenvalue weighted by molar-refractivity contribution is 5.75. The van der Waals surface area contributed by atoms with Crippen LogP contribution in [0.5, 0.6) is 0 Å². The van der Waals surface area contributed by atoms with Crippen LogP contribution in [0.1, 0.15) is 45.2 Å². The third kappa shape index (κ3) is 5.01. The van der Waals surface area contributed by atoms with Crippen LogP contribution in [-0.2, 0) is 14.3 Å². The Morgan fingerprint density at radius 3 is 2.83 bits per heavy atom. The van der Waals surface area contributed by atoms with Crippen LogP contribution >= 0.6 is 0 Å². The molecule has 1 aromatic carbocycles. The average molecular weight is 493 g/mol. The number of aromatic nitrogens is 1. The van der Waals surface area contributed by atoms with Gasteiger partial charge in [0.15, 0.2) is 0 Å². The van der Waals surface area contributed by atoms with Crippen molar-refractivity contribution in [3.63, 3.8) is 0 Å². The number of benzene rings is 1. The zero-order valence-corrected chi connectivity index (χ0v) is 20.7. The Balaban J connectivity index is 1.34.